The lowest BCUT2D eigenvalue weighted by atomic mass is 10.3. The van der Waals surface area contributed by atoms with Gasteiger partial charge in [0.2, 0.25) is 10.0 Å². The van der Waals surface area contributed by atoms with E-state index in [-0.39, 0.29) is 22.3 Å². The largest absolute Gasteiger partial charge is 0.452 e. The van der Waals surface area contributed by atoms with E-state index in [0.717, 1.165) is 42.4 Å². The van der Waals surface area contributed by atoms with Gasteiger partial charge < -0.3 is 9.64 Å². The van der Waals surface area contributed by atoms with Gasteiger partial charge in [-0.2, -0.15) is 0 Å². The highest BCUT2D eigenvalue weighted by Crippen LogP contribution is 2.22. The van der Waals surface area contributed by atoms with Crippen LogP contribution in [0, 0.1) is 0 Å². The Hall–Kier alpha value is -1.71. The smallest absolute Gasteiger partial charge is 0.339 e. The van der Waals surface area contributed by atoms with E-state index in [9.17, 15) is 18.0 Å². The number of hydrogen-bond donors (Lipinski definition) is 1. The maximum atomic E-state index is 12.2. The van der Waals surface area contributed by atoms with Crippen LogP contribution in [0.5, 0.6) is 0 Å². The number of rotatable bonds is 6. The molecule has 2 rings (SSSR count). The molecule has 0 aromatic carbocycles. The highest BCUT2D eigenvalue weighted by atomic mass is 32.2. The van der Waals surface area contributed by atoms with Crippen LogP contribution in [0.2, 0.25) is 0 Å². The van der Waals surface area contributed by atoms with E-state index in [1.807, 2.05) is 13.0 Å². The maximum Gasteiger partial charge on any atom is 0.339 e. The standard InChI is InChI=1S/C14H18N2O5S2/c1-2-16(11-5-3-4-6-11)12(17)8-21-14(18)10-7-13(22-9-10)23(15,19)20/h5,7,9H,2-4,6,8H2,1H3,(H2,15,19,20). The molecule has 0 unspecified atom stereocenters. The summed E-state index contributed by atoms with van der Waals surface area (Å²) in [4.78, 5) is 25.6. The topological polar surface area (TPSA) is 107 Å². The fourth-order valence-electron chi connectivity index (χ4n) is 2.30. The second kappa shape index (κ2) is 7.24. The van der Waals surface area contributed by atoms with Gasteiger partial charge in [-0.05, 0) is 32.3 Å². The lowest BCUT2D eigenvalue weighted by molar-refractivity contribution is -0.132. The van der Waals surface area contributed by atoms with Crippen molar-refractivity contribution < 1.29 is 22.7 Å². The minimum atomic E-state index is -3.85. The van der Waals surface area contributed by atoms with Crippen molar-refractivity contribution >= 4 is 33.2 Å². The third-order valence-corrected chi connectivity index (χ3v) is 5.79. The molecule has 23 heavy (non-hydrogen) atoms. The van der Waals surface area contributed by atoms with Crippen molar-refractivity contribution in [1.29, 1.82) is 0 Å². The van der Waals surface area contributed by atoms with E-state index in [1.54, 1.807) is 4.90 Å². The average molecular weight is 358 g/mol. The predicted molar refractivity (Wildman–Crippen MR) is 85.3 cm³/mol. The summed E-state index contributed by atoms with van der Waals surface area (Å²) in [6.45, 7) is 1.98. The molecule has 0 radical (unpaired) electrons. The molecule has 1 aromatic heterocycles. The van der Waals surface area contributed by atoms with Crippen LogP contribution in [0.1, 0.15) is 36.5 Å². The van der Waals surface area contributed by atoms with Gasteiger partial charge in [0.25, 0.3) is 5.91 Å². The van der Waals surface area contributed by atoms with Crippen LogP contribution >= 0.6 is 11.3 Å². The van der Waals surface area contributed by atoms with Crippen LogP contribution in [0.15, 0.2) is 27.4 Å². The summed E-state index contributed by atoms with van der Waals surface area (Å²) >= 11 is 0.832. The van der Waals surface area contributed by atoms with Gasteiger partial charge in [-0.3, -0.25) is 4.79 Å². The second-order valence-corrected chi connectivity index (χ2v) is 7.70. The Morgan fingerprint density at radius 3 is 2.70 bits per heavy atom. The average Bonchev–Trinajstić information content (AvgIpc) is 3.16. The Morgan fingerprint density at radius 1 is 1.43 bits per heavy atom. The molecule has 2 N–H and O–H groups in total. The van der Waals surface area contributed by atoms with E-state index in [1.165, 1.54) is 5.38 Å². The quantitative estimate of drug-likeness (QED) is 0.775. The van der Waals surface area contributed by atoms with Crippen molar-refractivity contribution in [3.63, 3.8) is 0 Å². The highest BCUT2D eigenvalue weighted by molar-refractivity contribution is 7.91. The number of likely N-dealkylation sites (N-methyl/N-ethyl adjacent to an activating group) is 1. The molecule has 0 saturated carbocycles. The number of allylic oxidation sites excluding steroid dienone is 2. The summed E-state index contributed by atoms with van der Waals surface area (Å²) in [5, 5.41) is 6.32. The lowest BCUT2D eigenvalue weighted by Gasteiger charge is -2.21. The van der Waals surface area contributed by atoms with Crippen molar-refractivity contribution in [2.75, 3.05) is 13.2 Å². The Bertz CT molecular complexity index is 736. The first-order valence-electron chi connectivity index (χ1n) is 7.10. The fraction of sp³-hybridized carbons (Fsp3) is 0.429. The van der Waals surface area contributed by atoms with Gasteiger partial charge in [0.15, 0.2) is 6.61 Å². The van der Waals surface area contributed by atoms with E-state index in [0.29, 0.717) is 6.54 Å². The molecular formula is C14H18N2O5S2. The van der Waals surface area contributed by atoms with Crippen molar-refractivity contribution in [3.8, 4) is 0 Å². The Balaban J connectivity index is 1.95. The molecule has 0 bridgehead atoms. The predicted octanol–water partition coefficient (Wildman–Crippen LogP) is 1.47. The van der Waals surface area contributed by atoms with Gasteiger partial charge in [0.05, 0.1) is 5.56 Å². The SMILES string of the molecule is CCN(C(=O)COC(=O)c1csc(S(N)(=O)=O)c1)C1=CCCC1. The molecular weight excluding hydrogens is 340 g/mol. The number of nitrogens with two attached hydrogens (primary N) is 1. The normalized spacial score (nSPS) is 14.4. The Kier molecular flexibility index (Phi) is 5.55. The van der Waals surface area contributed by atoms with Gasteiger partial charge >= 0.3 is 5.97 Å². The van der Waals surface area contributed by atoms with Crippen molar-refractivity contribution in [3.05, 3.63) is 28.8 Å². The van der Waals surface area contributed by atoms with Gasteiger partial charge in [0, 0.05) is 17.6 Å². The highest BCUT2D eigenvalue weighted by Gasteiger charge is 2.21. The van der Waals surface area contributed by atoms with Gasteiger partial charge in [-0.25, -0.2) is 18.4 Å². The first-order valence-corrected chi connectivity index (χ1v) is 9.53. The first kappa shape index (κ1) is 17.6. The third kappa shape index (κ3) is 4.40. The zero-order valence-corrected chi connectivity index (χ0v) is 14.3. The van der Waals surface area contributed by atoms with Crippen LogP contribution in [0.25, 0.3) is 0 Å². The monoisotopic (exact) mass is 358 g/mol. The maximum absolute atomic E-state index is 12.2. The molecule has 1 amide bonds. The minimum absolute atomic E-state index is 0.0648. The molecule has 7 nitrogen and oxygen atoms in total. The van der Waals surface area contributed by atoms with Crippen molar-refractivity contribution in [1.82, 2.24) is 4.90 Å². The summed E-state index contributed by atoms with van der Waals surface area (Å²) in [5.74, 6) is -1.04. The molecule has 1 aliphatic rings. The fourth-order valence-corrected chi connectivity index (χ4v) is 3.87. The summed E-state index contributed by atoms with van der Waals surface area (Å²) in [7, 11) is -3.85. The molecule has 0 fully saturated rings. The number of thiophene rings is 1. The number of nitrogens with zero attached hydrogens (tertiary/aromatic N) is 1. The van der Waals surface area contributed by atoms with E-state index < -0.39 is 16.0 Å². The molecule has 1 heterocycles. The van der Waals surface area contributed by atoms with Gasteiger partial charge in [-0.15, -0.1) is 11.3 Å². The van der Waals surface area contributed by atoms with Crippen LogP contribution in [-0.2, 0) is 19.6 Å². The molecule has 1 aliphatic carbocycles. The summed E-state index contributed by atoms with van der Waals surface area (Å²) in [6.07, 6.45) is 4.82. The molecule has 0 aliphatic heterocycles. The number of primary sulfonamides is 1. The second-order valence-electron chi connectivity index (χ2n) is 5.00. The van der Waals surface area contributed by atoms with E-state index >= 15 is 0 Å². The Labute approximate surface area is 138 Å². The molecule has 126 valence electrons. The molecule has 0 atom stereocenters. The molecule has 9 heteroatoms. The summed E-state index contributed by atoms with van der Waals surface area (Å²) in [5.41, 5.74) is 1.02. The van der Waals surface area contributed by atoms with Crippen molar-refractivity contribution in [2.24, 2.45) is 5.14 Å². The summed E-state index contributed by atoms with van der Waals surface area (Å²) in [6, 6.07) is 1.14. The number of amides is 1. The van der Waals surface area contributed by atoms with Crippen LogP contribution in [-0.4, -0.2) is 38.3 Å². The number of carbonyl (C=O) groups excluding carboxylic acids is 2. The van der Waals surface area contributed by atoms with Crippen LogP contribution in [0.4, 0.5) is 0 Å². The number of carbonyl (C=O) groups is 2. The molecule has 1 aromatic rings. The van der Waals surface area contributed by atoms with Crippen LogP contribution in [0.3, 0.4) is 0 Å². The third-order valence-electron chi connectivity index (χ3n) is 3.40. The number of hydrogen-bond acceptors (Lipinski definition) is 6. The number of esters is 1. The first-order chi connectivity index (χ1) is 10.8. The van der Waals surface area contributed by atoms with Gasteiger partial charge in [0.1, 0.15) is 4.21 Å². The Morgan fingerprint density at radius 2 is 2.17 bits per heavy atom. The number of sulfonamides is 1. The van der Waals surface area contributed by atoms with Crippen LogP contribution < -0.4 is 5.14 Å². The lowest BCUT2D eigenvalue weighted by Crippen LogP contribution is -2.33. The minimum Gasteiger partial charge on any atom is -0.452 e. The molecule has 0 saturated heterocycles. The van der Waals surface area contributed by atoms with Crippen molar-refractivity contribution in [2.45, 2.75) is 30.4 Å². The number of ether oxygens (including phenoxy) is 1. The zero-order chi connectivity index (χ0) is 17.0. The summed E-state index contributed by atoms with van der Waals surface area (Å²) < 4.78 is 27.2. The zero-order valence-electron chi connectivity index (χ0n) is 12.6. The van der Waals surface area contributed by atoms with E-state index in [4.69, 9.17) is 9.88 Å². The molecule has 0 spiro atoms. The van der Waals surface area contributed by atoms with E-state index in [2.05, 4.69) is 0 Å². The van der Waals surface area contributed by atoms with Gasteiger partial charge in [-0.1, -0.05) is 6.08 Å².